The van der Waals surface area contributed by atoms with E-state index in [0.717, 1.165) is 22.4 Å². The molecule has 1 aromatic heterocycles. The molecule has 0 aliphatic heterocycles. The summed E-state index contributed by atoms with van der Waals surface area (Å²) in [6.07, 6.45) is 0.571. The summed E-state index contributed by atoms with van der Waals surface area (Å²) in [4.78, 5) is 16.0. The van der Waals surface area contributed by atoms with Crippen molar-refractivity contribution in [3.8, 4) is 11.5 Å². The van der Waals surface area contributed by atoms with E-state index in [2.05, 4.69) is 0 Å². The van der Waals surface area contributed by atoms with Gasteiger partial charge in [0.25, 0.3) is 0 Å². The molecule has 3 rings (SSSR count). The second-order valence-corrected chi connectivity index (χ2v) is 6.23. The van der Waals surface area contributed by atoms with Crippen LogP contribution >= 0.6 is 0 Å². The molecule has 136 valence electrons. The largest absolute Gasteiger partial charge is 0.493 e. The predicted molar refractivity (Wildman–Crippen MR) is 98.9 cm³/mol. The van der Waals surface area contributed by atoms with Gasteiger partial charge in [-0.3, -0.25) is 4.79 Å². The standard InChI is InChI=1S/C20H22N2O4/c1-13(20(23)24)12-22-16-7-5-4-6-15(16)21-19(22)11-14-8-9-17(25-2)18(10-14)26-3/h4-10,13H,11-12H2,1-3H3,(H,23,24). The van der Waals surface area contributed by atoms with Crippen LogP contribution in [-0.4, -0.2) is 34.8 Å². The number of carbonyl (C=O) groups is 1. The van der Waals surface area contributed by atoms with Crippen LogP contribution in [0.5, 0.6) is 11.5 Å². The Bertz CT molecular complexity index is 933. The van der Waals surface area contributed by atoms with E-state index < -0.39 is 11.9 Å². The van der Waals surface area contributed by atoms with Crippen LogP contribution in [0.2, 0.25) is 0 Å². The number of rotatable bonds is 7. The monoisotopic (exact) mass is 354 g/mol. The minimum Gasteiger partial charge on any atom is -0.493 e. The first-order valence-electron chi connectivity index (χ1n) is 8.41. The van der Waals surface area contributed by atoms with Gasteiger partial charge in [-0.2, -0.15) is 0 Å². The quantitative estimate of drug-likeness (QED) is 0.704. The lowest BCUT2D eigenvalue weighted by Gasteiger charge is -2.13. The van der Waals surface area contributed by atoms with Gasteiger partial charge >= 0.3 is 5.97 Å². The molecule has 6 nitrogen and oxygen atoms in total. The molecular formula is C20H22N2O4. The Morgan fingerprint density at radius 1 is 1.15 bits per heavy atom. The number of methoxy groups -OCH3 is 2. The van der Waals surface area contributed by atoms with Gasteiger partial charge in [0.05, 0.1) is 31.2 Å². The molecule has 1 atom stereocenters. The molecule has 0 radical (unpaired) electrons. The molecule has 26 heavy (non-hydrogen) atoms. The molecule has 1 heterocycles. The smallest absolute Gasteiger partial charge is 0.308 e. The molecule has 0 bridgehead atoms. The van der Waals surface area contributed by atoms with Crippen molar-refractivity contribution in [3.05, 3.63) is 53.9 Å². The lowest BCUT2D eigenvalue weighted by Crippen LogP contribution is -2.18. The minimum atomic E-state index is -0.820. The van der Waals surface area contributed by atoms with E-state index in [0.29, 0.717) is 24.5 Å². The number of ether oxygens (including phenoxy) is 2. The van der Waals surface area contributed by atoms with E-state index in [9.17, 15) is 9.90 Å². The maximum absolute atomic E-state index is 11.3. The fraction of sp³-hybridized carbons (Fsp3) is 0.300. The maximum Gasteiger partial charge on any atom is 0.308 e. The summed E-state index contributed by atoms with van der Waals surface area (Å²) in [5.74, 6) is 0.832. The lowest BCUT2D eigenvalue weighted by atomic mass is 10.1. The summed E-state index contributed by atoms with van der Waals surface area (Å²) in [6, 6.07) is 13.5. The summed E-state index contributed by atoms with van der Waals surface area (Å²) >= 11 is 0. The van der Waals surface area contributed by atoms with E-state index >= 15 is 0 Å². The average Bonchev–Trinajstić information content (AvgIpc) is 2.98. The number of aromatic nitrogens is 2. The Morgan fingerprint density at radius 3 is 2.58 bits per heavy atom. The average molecular weight is 354 g/mol. The van der Waals surface area contributed by atoms with Crippen molar-refractivity contribution in [2.24, 2.45) is 5.92 Å². The third-order valence-corrected chi connectivity index (χ3v) is 4.42. The molecule has 3 aromatic rings. The zero-order chi connectivity index (χ0) is 18.7. The molecule has 2 aromatic carbocycles. The number of hydrogen-bond donors (Lipinski definition) is 1. The molecule has 0 saturated heterocycles. The van der Waals surface area contributed by atoms with Gasteiger partial charge in [0, 0.05) is 13.0 Å². The van der Waals surface area contributed by atoms with Crippen LogP contribution in [0, 0.1) is 5.92 Å². The van der Waals surface area contributed by atoms with E-state index in [1.807, 2.05) is 47.0 Å². The number of imidazole rings is 1. The lowest BCUT2D eigenvalue weighted by molar-refractivity contribution is -0.141. The highest BCUT2D eigenvalue weighted by atomic mass is 16.5. The fourth-order valence-corrected chi connectivity index (χ4v) is 2.99. The molecule has 1 N–H and O–H groups in total. The number of carboxylic acids is 1. The number of benzene rings is 2. The van der Waals surface area contributed by atoms with Gasteiger partial charge in [-0.1, -0.05) is 25.1 Å². The second-order valence-electron chi connectivity index (χ2n) is 6.23. The van der Waals surface area contributed by atoms with Crippen molar-refractivity contribution in [3.63, 3.8) is 0 Å². The maximum atomic E-state index is 11.3. The summed E-state index contributed by atoms with van der Waals surface area (Å²) in [7, 11) is 3.20. The first-order valence-corrected chi connectivity index (χ1v) is 8.41. The van der Waals surface area contributed by atoms with Crippen molar-refractivity contribution >= 4 is 17.0 Å². The van der Waals surface area contributed by atoms with Gasteiger partial charge in [-0.05, 0) is 29.8 Å². The van der Waals surface area contributed by atoms with Crippen molar-refractivity contribution in [1.82, 2.24) is 9.55 Å². The highest BCUT2D eigenvalue weighted by Gasteiger charge is 2.18. The van der Waals surface area contributed by atoms with Crippen molar-refractivity contribution in [2.75, 3.05) is 14.2 Å². The Hall–Kier alpha value is -3.02. The van der Waals surface area contributed by atoms with E-state index in [-0.39, 0.29) is 0 Å². The van der Waals surface area contributed by atoms with Crippen LogP contribution in [0.3, 0.4) is 0 Å². The number of hydrogen-bond acceptors (Lipinski definition) is 4. The SMILES string of the molecule is COc1ccc(Cc2nc3ccccc3n2CC(C)C(=O)O)cc1OC. The highest BCUT2D eigenvalue weighted by molar-refractivity contribution is 5.76. The van der Waals surface area contributed by atoms with Gasteiger partial charge in [0.1, 0.15) is 5.82 Å². The van der Waals surface area contributed by atoms with Crippen LogP contribution in [0.1, 0.15) is 18.3 Å². The number of nitrogens with zero attached hydrogens (tertiary/aromatic N) is 2. The Labute approximate surface area is 152 Å². The molecule has 6 heteroatoms. The molecular weight excluding hydrogens is 332 g/mol. The molecule has 0 aliphatic carbocycles. The van der Waals surface area contributed by atoms with Crippen molar-refractivity contribution in [2.45, 2.75) is 19.9 Å². The van der Waals surface area contributed by atoms with Crippen LogP contribution < -0.4 is 9.47 Å². The van der Waals surface area contributed by atoms with Crippen LogP contribution in [0.15, 0.2) is 42.5 Å². The normalized spacial score (nSPS) is 12.1. The van der Waals surface area contributed by atoms with Crippen LogP contribution in [0.25, 0.3) is 11.0 Å². The topological polar surface area (TPSA) is 73.6 Å². The van der Waals surface area contributed by atoms with Crippen molar-refractivity contribution < 1.29 is 19.4 Å². The van der Waals surface area contributed by atoms with Gasteiger partial charge in [-0.25, -0.2) is 4.98 Å². The molecule has 0 saturated carbocycles. The Balaban J connectivity index is 2.00. The Morgan fingerprint density at radius 2 is 1.88 bits per heavy atom. The summed E-state index contributed by atoms with van der Waals surface area (Å²) < 4.78 is 12.6. The predicted octanol–water partition coefficient (Wildman–Crippen LogP) is 3.37. The first kappa shape index (κ1) is 17.8. The zero-order valence-electron chi connectivity index (χ0n) is 15.1. The number of aliphatic carboxylic acids is 1. The Kier molecular flexibility index (Phi) is 5.11. The summed E-state index contributed by atoms with van der Waals surface area (Å²) in [5.41, 5.74) is 2.82. The van der Waals surface area contributed by atoms with E-state index in [4.69, 9.17) is 14.5 Å². The second kappa shape index (κ2) is 7.47. The third kappa shape index (κ3) is 3.49. The van der Waals surface area contributed by atoms with Gasteiger partial charge in [0.15, 0.2) is 11.5 Å². The number of carboxylic acid groups (broad SMARTS) is 1. The number of para-hydroxylation sites is 2. The van der Waals surface area contributed by atoms with E-state index in [1.54, 1.807) is 21.1 Å². The van der Waals surface area contributed by atoms with Gasteiger partial charge in [0.2, 0.25) is 0 Å². The highest BCUT2D eigenvalue weighted by Crippen LogP contribution is 2.29. The molecule has 0 spiro atoms. The van der Waals surface area contributed by atoms with Crippen molar-refractivity contribution in [1.29, 1.82) is 0 Å². The van der Waals surface area contributed by atoms with Gasteiger partial charge < -0.3 is 19.1 Å². The van der Waals surface area contributed by atoms with Crippen LogP contribution in [-0.2, 0) is 17.8 Å². The molecule has 1 unspecified atom stereocenters. The molecule has 0 amide bonds. The van der Waals surface area contributed by atoms with Gasteiger partial charge in [-0.15, -0.1) is 0 Å². The molecule has 0 fully saturated rings. The number of fused-ring (bicyclic) bond motifs is 1. The zero-order valence-corrected chi connectivity index (χ0v) is 15.1. The first-order chi connectivity index (χ1) is 12.5. The fourth-order valence-electron chi connectivity index (χ4n) is 2.99. The third-order valence-electron chi connectivity index (χ3n) is 4.42. The minimum absolute atomic E-state index is 0.373. The van der Waals surface area contributed by atoms with Crippen LogP contribution in [0.4, 0.5) is 0 Å². The summed E-state index contributed by atoms with van der Waals surface area (Å²) in [6.45, 7) is 2.08. The van der Waals surface area contributed by atoms with E-state index in [1.165, 1.54) is 0 Å². The summed E-state index contributed by atoms with van der Waals surface area (Å²) in [5, 5.41) is 9.30. The molecule has 0 aliphatic rings.